The normalized spacial score (nSPS) is 10.6. The van der Waals surface area contributed by atoms with E-state index in [9.17, 15) is 4.79 Å². The second-order valence-corrected chi connectivity index (χ2v) is 6.04. The van der Waals surface area contributed by atoms with E-state index in [1.807, 2.05) is 24.3 Å². The van der Waals surface area contributed by atoms with Crippen molar-refractivity contribution in [1.29, 1.82) is 0 Å². The van der Waals surface area contributed by atoms with E-state index in [4.69, 9.17) is 14.2 Å². The van der Waals surface area contributed by atoms with Gasteiger partial charge in [-0.05, 0) is 35.9 Å². The number of ether oxygens (including phenoxy) is 3. The van der Waals surface area contributed by atoms with Crippen molar-refractivity contribution in [2.75, 3.05) is 21.3 Å². The molecule has 0 fully saturated rings. The molecule has 29 heavy (non-hydrogen) atoms. The van der Waals surface area contributed by atoms with E-state index in [0.717, 1.165) is 22.4 Å². The maximum absolute atomic E-state index is 12.4. The number of aromatic nitrogens is 1. The number of nitrogens with one attached hydrogen (secondary N) is 1. The molecule has 0 atom stereocenters. The summed E-state index contributed by atoms with van der Waals surface area (Å²) < 4.78 is 15.6. The molecule has 1 N–H and O–H groups in total. The van der Waals surface area contributed by atoms with Crippen LogP contribution in [0.15, 0.2) is 66.0 Å². The van der Waals surface area contributed by atoms with Crippen LogP contribution in [0.1, 0.15) is 15.9 Å². The molecule has 1 amide bonds. The summed E-state index contributed by atoms with van der Waals surface area (Å²) in [6.07, 6.45) is 4.71. The topological polar surface area (TPSA) is 82.0 Å². The molecule has 0 radical (unpaired) electrons. The van der Waals surface area contributed by atoms with E-state index in [-0.39, 0.29) is 5.91 Å². The molecule has 7 heteroatoms. The molecule has 0 saturated carbocycles. The summed E-state index contributed by atoms with van der Waals surface area (Å²) in [5.41, 5.74) is 5.39. The minimum absolute atomic E-state index is 0.362. The lowest BCUT2D eigenvalue weighted by Crippen LogP contribution is -2.17. The van der Waals surface area contributed by atoms with Gasteiger partial charge in [0.1, 0.15) is 17.2 Å². The molecule has 0 unspecified atom stereocenters. The molecule has 1 heterocycles. The SMILES string of the molecule is COc1ccc(-c2cncc(C(=O)N/N=C/c3cc(OC)cc(OC)c3)c2)cc1. The minimum Gasteiger partial charge on any atom is -0.497 e. The summed E-state index contributed by atoms with van der Waals surface area (Å²) >= 11 is 0. The Morgan fingerprint density at radius 1 is 0.862 bits per heavy atom. The number of methoxy groups -OCH3 is 3. The smallest absolute Gasteiger partial charge is 0.272 e. The van der Waals surface area contributed by atoms with Gasteiger partial charge in [-0.1, -0.05) is 12.1 Å². The summed E-state index contributed by atoms with van der Waals surface area (Å²) in [6, 6.07) is 14.6. The zero-order valence-corrected chi connectivity index (χ0v) is 16.4. The molecule has 0 saturated heterocycles. The van der Waals surface area contributed by atoms with Crippen LogP contribution >= 0.6 is 0 Å². The Morgan fingerprint density at radius 3 is 2.14 bits per heavy atom. The van der Waals surface area contributed by atoms with Gasteiger partial charge in [-0.25, -0.2) is 5.43 Å². The van der Waals surface area contributed by atoms with Gasteiger partial charge in [-0.15, -0.1) is 0 Å². The maximum atomic E-state index is 12.4. The third-order valence-corrected chi connectivity index (χ3v) is 4.18. The summed E-state index contributed by atoms with van der Waals surface area (Å²) in [4.78, 5) is 16.6. The predicted octanol–water partition coefficient (Wildman–Crippen LogP) is 3.54. The standard InChI is InChI=1S/C22H21N3O4/c1-27-19-6-4-16(5-7-19)17-10-18(14-23-13-17)22(26)25-24-12-15-8-20(28-2)11-21(9-15)29-3/h4-14H,1-3H3,(H,25,26)/b24-12+. The first kappa shape index (κ1) is 19.9. The van der Waals surface area contributed by atoms with Crippen LogP contribution in [0, 0.1) is 0 Å². The van der Waals surface area contributed by atoms with Gasteiger partial charge in [-0.3, -0.25) is 9.78 Å². The van der Waals surface area contributed by atoms with Crippen molar-refractivity contribution in [1.82, 2.24) is 10.4 Å². The molecular formula is C22H21N3O4. The predicted molar refractivity (Wildman–Crippen MR) is 111 cm³/mol. The van der Waals surface area contributed by atoms with Crippen molar-refractivity contribution >= 4 is 12.1 Å². The summed E-state index contributed by atoms with van der Waals surface area (Å²) in [6.45, 7) is 0. The first-order valence-corrected chi connectivity index (χ1v) is 8.79. The molecule has 0 spiro atoms. The number of benzene rings is 2. The first-order valence-electron chi connectivity index (χ1n) is 8.79. The van der Waals surface area contributed by atoms with Crippen LogP contribution in [-0.2, 0) is 0 Å². The van der Waals surface area contributed by atoms with Gasteiger partial charge in [0.2, 0.25) is 0 Å². The van der Waals surface area contributed by atoms with Crippen LogP contribution in [0.3, 0.4) is 0 Å². The van der Waals surface area contributed by atoms with Crippen LogP contribution < -0.4 is 19.6 Å². The van der Waals surface area contributed by atoms with Crippen LogP contribution in [0.5, 0.6) is 17.2 Å². The summed E-state index contributed by atoms with van der Waals surface area (Å²) in [7, 11) is 4.75. The van der Waals surface area contributed by atoms with Gasteiger partial charge < -0.3 is 14.2 Å². The van der Waals surface area contributed by atoms with E-state index in [1.54, 1.807) is 51.8 Å². The average Bonchev–Trinajstić information content (AvgIpc) is 2.78. The Morgan fingerprint density at radius 2 is 1.52 bits per heavy atom. The van der Waals surface area contributed by atoms with Crippen molar-refractivity contribution in [3.63, 3.8) is 0 Å². The van der Waals surface area contributed by atoms with E-state index in [0.29, 0.717) is 17.1 Å². The Kier molecular flexibility index (Phi) is 6.42. The van der Waals surface area contributed by atoms with Crippen LogP contribution in [0.4, 0.5) is 0 Å². The Labute approximate surface area is 169 Å². The van der Waals surface area contributed by atoms with Crippen molar-refractivity contribution in [3.8, 4) is 28.4 Å². The van der Waals surface area contributed by atoms with Crippen LogP contribution in [0.2, 0.25) is 0 Å². The monoisotopic (exact) mass is 391 g/mol. The highest BCUT2D eigenvalue weighted by atomic mass is 16.5. The number of carbonyl (C=O) groups is 1. The lowest BCUT2D eigenvalue weighted by Gasteiger charge is -2.06. The third-order valence-electron chi connectivity index (χ3n) is 4.18. The fraction of sp³-hybridized carbons (Fsp3) is 0.136. The number of nitrogens with zero attached hydrogens (tertiary/aromatic N) is 2. The molecule has 3 aromatic rings. The third kappa shape index (κ3) is 5.10. The highest BCUT2D eigenvalue weighted by Gasteiger charge is 2.08. The largest absolute Gasteiger partial charge is 0.497 e. The van der Waals surface area contributed by atoms with Crippen LogP contribution in [0.25, 0.3) is 11.1 Å². The lowest BCUT2D eigenvalue weighted by atomic mass is 10.1. The number of hydrazone groups is 1. The van der Waals surface area contributed by atoms with Gasteiger partial charge in [-0.2, -0.15) is 5.10 Å². The zero-order valence-electron chi connectivity index (χ0n) is 16.4. The lowest BCUT2D eigenvalue weighted by molar-refractivity contribution is 0.0955. The molecule has 0 bridgehead atoms. The van der Waals surface area contributed by atoms with Gasteiger partial charge >= 0.3 is 0 Å². The fourth-order valence-electron chi connectivity index (χ4n) is 2.64. The Hall–Kier alpha value is -3.87. The molecule has 148 valence electrons. The quantitative estimate of drug-likeness (QED) is 0.492. The zero-order chi connectivity index (χ0) is 20.6. The second-order valence-electron chi connectivity index (χ2n) is 6.04. The van der Waals surface area contributed by atoms with Crippen molar-refractivity contribution < 1.29 is 19.0 Å². The molecule has 0 aliphatic carbocycles. The molecule has 7 nitrogen and oxygen atoms in total. The van der Waals surface area contributed by atoms with E-state index in [1.165, 1.54) is 12.4 Å². The molecule has 2 aromatic carbocycles. The van der Waals surface area contributed by atoms with E-state index >= 15 is 0 Å². The molecule has 0 aliphatic rings. The van der Waals surface area contributed by atoms with Crippen molar-refractivity contribution in [3.05, 3.63) is 72.1 Å². The number of amides is 1. The molecule has 1 aromatic heterocycles. The number of hydrogen-bond acceptors (Lipinski definition) is 6. The first-order chi connectivity index (χ1) is 14.1. The number of rotatable bonds is 7. The minimum atomic E-state index is -0.362. The fourth-order valence-corrected chi connectivity index (χ4v) is 2.64. The Balaban J connectivity index is 1.72. The van der Waals surface area contributed by atoms with Crippen molar-refractivity contribution in [2.24, 2.45) is 5.10 Å². The average molecular weight is 391 g/mol. The second kappa shape index (κ2) is 9.36. The van der Waals surface area contributed by atoms with E-state index in [2.05, 4.69) is 15.5 Å². The maximum Gasteiger partial charge on any atom is 0.272 e. The molecule has 0 aliphatic heterocycles. The van der Waals surface area contributed by atoms with Gasteiger partial charge in [0.05, 0.1) is 33.1 Å². The van der Waals surface area contributed by atoms with Gasteiger partial charge in [0, 0.05) is 29.6 Å². The van der Waals surface area contributed by atoms with Crippen molar-refractivity contribution in [2.45, 2.75) is 0 Å². The number of hydrogen-bond donors (Lipinski definition) is 1. The summed E-state index contributed by atoms with van der Waals surface area (Å²) in [5, 5.41) is 4.01. The Bertz CT molecular complexity index is 995. The highest BCUT2D eigenvalue weighted by molar-refractivity contribution is 5.95. The summed E-state index contributed by atoms with van der Waals surface area (Å²) in [5.74, 6) is 1.67. The number of pyridine rings is 1. The van der Waals surface area contributed by atoms with Gasteiger partial charge in [0.25, 0.3) is 5.91 Å². The molecule has 3 rings (SSSR count). The highest BCUT2D eigenvalue weighted by Crippen LogP contribution is 2.23. The molecular weight excluding hydrogens is 370 g/mol. The van der Waals surface area contributed by atoms with Gasteiger partial charge in [0.15, 0.2) is 0 Å². The van der Waals surface area contributed by atoms with Crippen LogP contribution in [-0.4, -0.2) is 38.4 Å². The van der Waals surface area contributed by atoms with E-state index < -0.39 is 0 Å². The number of carbonyl (C=O) groups excluding carboxylic acids is 1.